The van der Waals surface area contributed by atoms with E-state index in [4.69, 9.17) is 32.7 Å². The molecule has 0 bridgehead atoms. The van der Waals surface area contributed by atoms with Crippen LogP contribution in [0.2, 0.25) is 10.0 Å². The summed E-state index contributed by atoms with van der Waals surface area (Å²) in [6, 6.07) is 8.48. The van der Waals surface area contributed by atoms with Crippen LogP contribution in [-0.2, 0) is 4.79 Å². The molecule has 1 fully saturated rings. The lowest BCUT2D eigenvalue weighted by atomic mass is 10.1. The summed E-state index contributed by atoms with van der Waals surface area (Å²) in [6.07, 6.45) is 5.74. The predicted molar refractivity (Wildman–Crippen MR) is 190 cm³/mol. The average Bonchev–Trinajstić information content (AvgIpc) is 3.09. The maximum absolute atomic E-state index is 13.3. The molecule has 1 aromatic heterocycles. The SMILES string of the molecule is CC[C@@H](C)/C=C/C(=O)Nc1cc(N2CCN(CC)CC2)ccc1Nc1cc(N(C)C(=O)Nc2c(Cl)c(OC)cc(OC)c2Cl)ncn1. The van der Waals surface area contributed by atoms with Gasteiger partial charge in [0.2, 0.25) is 5.91 Å². The van der Waals surface area contributed by atoms with Crippen LogP contribution in [0.3, 0.4) is 0 Å². The van der Waals surface area contributed by atoms with Gasteiger partial charge in [-0.25, -0.2) is 14.8 Å². The Morgan fingerprint density at radius 1 is 0.979 bits per heavy atom. The van der Waals surface area contributed by atoms with E-state index < -0.39 is 6.03 Å². The fourth-order valence-electron chi connectivity index (χ4n) is 4.85. The van der Waals surface area contributed by atoms with E-state index in [2.05, 4.69) is 56.5 Å². The van der Waals surface area contributed by atoms with Gasteiger partial charge >= 0.3 is 6.03 Å². The number of hydrogen-bond donors (Lipinski definition) is 3. The van der Waals surface area contributed by atoms with Gasteiger partial charge in [-0.15, -0.1) is 0 Å². The van der Waals surface area contributed by atoms with Gasteiger partial charge in [-0.05, 0) is 36.7 Å². The Kier molecular flexibility index (Phi) is 12.5. The lowest BCUT2D eigenvalue weighted by Gasteiger charge is -2.35. The summed E-state index contributed by atoms with van der Waals surface area (Å²) < 4.78 is 10.6. The molecule has 4 rings (SSSR count). The van der Waals surface area contributed by atoms with E-state index in [9.17, 15) is 9.59 Å². The fraction of sp³-hybridized carbons (Fsp3) is 0.394. The molecule has 3 aromatic rings. The number of piperazine rings is 1. The highest BCUT2D eigenvalue weighted by atomic mass is 35.5. The van der Waals surface area contributed by atoms with E-state index in [0.717, 1.165) is 44.8 Å². The lowest BCUT2D eigenvalue weighted by molar-refractivity contribution is -0.111. The van der Waals surface area contributed by atoms with Crippen LogP contribution in [-0.4, -0.2) is 80.8 Å². The molecule has 14 heteroatoms. The Balaban J connectivity index is 1.57. The number of nitrogens with one attached hydrogen (secondary N) is 3. The van der Waals surface area contributed by atoms with E-state index >= 15 is 0 Å². The molecule has 2 heterocycles. The third-order valence-corrected chi connectivity index (χ3v) is 8.79. The summed E-state index contributed by atoms with van der Waals surface area (Å²) in [5.41, 5.74) is 2.37. The zero-order chi connectivity index (χ0) is 34.1. The second-order valence-electron chi connectivity index (χ2n) is 11.0. The number of urea groups is 1. The van der Waals surface area contributed by atoms with Gasteiger partial charge in [0, 0.05) is 51.0 Å². The van der Waals surface area contributed by atoms with Crippen molar-refractivity contribution in [3.8, 4) is 11.5 Å². The third-order valence-electron chi connectivity index (χ3n) is 8.04. The van der Waals surface area contributed by atoms with E-state index in [1.54, 1.807) is 19.2 Å². The first-order chi connectivity index (χ1) is 22.6. The quantitative estimate of drug-likeness (QED) is 0.175. The number of carbonyl (C=O) groups is 2. The van der Waals surface area contributed by atoms with Crippen molar-refractivity contribution in [1.82, 2.24) is 14.9 Å². The van der Waals surface area contributed by atoms with Crippen molar-refractivity contribution in [3.63, 3.8) is 0 Å². The van der Waals surface area contributed by atoms with Crippen molar-refractivity contribution in [3.05, 3.63) is 58.9 Å². The average molecular weight is 686 g/mol. The number of carbonyl (C=O) groups excluding carboxylic acids is 2. The summed E-state index contributed by atoms with van der Waals surface area (Å²) in [4.78, 5) is 40.9. The molecule has 0 aliphatic carbocycles. The number of rotatable bonds is 12. The molecule has 252 valence electrons. The van der Waals surface area contributed by atoms with E-state index in [0.29, 0.717) is 17.2 Å². The van der Waals surface area contributed by atoms with Gasteiger partial charge in [0.15, 0.2) is 0 Å². The number of aromatic nitrogens is 2. The Bertz CT molecular complexity index is 1570. The molecule has 1 saturated heterocycles. The number of anilines is 6. The molecule has 0 radical (unpaired) electrons. The second-order valence-corrected chi connectivity index (χ2v) is 11.8. The van der Waals surface area contributed by atoms with E-state index in [1.807, 2.05) is 24.3 Å². The van der Waals surface area contributed by atoms with Crippen molar-refractivity contribution < 1.29 is 19.1 Å². The van der Waals surface area contributed by atoms with E-state index in [1.165, 1.54) is 31.5 Å². The highest BCUT2D eigenvalue weighted by molar-refractivity contribution is 6.41. The zero-order valence-corrected chi connectivity index (χ0v) is 29.1. The number of methoxy groups -OCH3 is 2. The Morgan fingerprint density at radius 2 is 1.66 bits per heavy atom. The molecular weight excluding hydrogens is 643 g/mol. The van der Waals surface area contributed by atoms with Gasteiger partial charge in [0.1, 0.15) is 39.5 Å². The number of nitrogens with zero attached hydrogens (tertiary/aromatic N) is 5. The van der Waals surface area contributed by atoms with Gasteiger partial charge in [0.25, 0.3) is 0 Å². The van der Waals surface area contributed by atoms with Gasteiger partial charge in [-0.3, -0.25) is 9.69 Å². The summed E-state index contributed by atoms with van der Waals surface area (Å²) in [5.74, 6) is 1.32. The molecular formula is C33H42Cl2N8O4. The minimum Gasteiger partial charge on any atom is -0.495 e. The summed E-state index contributed by atoms with van der Waals surface area (Å²) in [5, 5.41) is 9.27. The van der Waals surface area contributed by atoms with Crippen LogP contribution in [0.4, 0.5) is 39.2 Å². The molecule has 1 atom stereocenters. The Labute approximate surface area is 286 Å². The number of ether oxygens (including phenoxy) is 2. The third kappa shape index (κ3) is 8.97. The standard InChI is InChI=1S/C33H42Cl2N8O4/c1-7-21(3)9-12-29(44)39-24-17-22(43-15-13-42(8-2)14-16-43)10-11-23(24)38-27-19-28(37-20-36-27)41(4)33(45)40-32-30(34)25(46-5)18-26(47-6)31(32)35/h9-12,17-21H,7-8,13-16H2,1-6H3,(H,39,44)(H,40,45)(H,36,37,38)/b12-9+/t21-/m1/s1. The Hall–Kier alpha value is -4.26. The van der Waals surface area contributed by atoms with Crippen LogP contribution in [0.25, 0.3) is 0 Å². The number of likely N-dealkylation sites (N-methyl/N-ethyl adjacent to an activating group) is 1. The molecule has 3 amide bonds. The van der Waals surface area contributed by atoms with Crippen LogP contribution in [0.15, 0.2) is 48.8 Å². The number of hydrogen-bond acceptors (Lipinski definition) is 9. The molecule has 0 spiro atoms. The highest BCUT2D eigenvalue weighted by Crippen LogP contribution is 2.44. The number of amides is 3. The predicted octanol–water partition coefficient (Wildman–Crippen LogP) is 6.90. The molecule has 47 heavy (non-hydrogen) atoms. The first-order valence-corrected chi connectivity index (χ1v) is 16.2. The van der Waals surface area contributed by atoms with E-state index in [-0.39, 0.29) is 44.9 Å². The highest BCUT2D eigenvalue weighted by Gasteiger charge is 2.22. The molecule has 0 unspecified atom stereocenters. The summed E-state index contributed by atoms with van der Waals surface area (Å²) in [7, 11) is 4.44. The lowest BCUT2D eigenvalue weighted by Crippen LogP contribution is -2.46. The maximum Gasteiger partial charge on any atom is 0.327 e. The Morgan fingerprint density at radius 3 is 2.28 bits per heavy atom. The molecule has 3 N–H and O–H groups in total. The van der Waals surface area contributed by atoms with Crippen LogP contribution in [0, 0.1) is 5.92 Å². The monoisotopic (exact) mass is 684 g/mol. The number of allylic oxidation sites excluding steroid dienone is 1. The fourth-order valence-corrected chi connectivity index (χ4v) is 5.45. The van der Waals surface area contributed by atoms with Gasteiger partial charge < -0.3 is 35.2 Å². The molecule has 12 nitrogen and oxygen atoms in total. The van der Waals surface area contributed by atoms with Crippen molar-refractivity contribution >= 4 is 69.5 Å². The summed E-state index contributed by atoms with van der Waals surface area (Å²) >= 11 is 12.9. The smallest absolute Gasteiger partial charge is 0.327 e. The van der Waals surface area contributed by atoms with Gasteiger partial charge in [0.05, 0.1) is 31.3 Å². The van der Waals surface area contributed by atoms with Gasteiger partial charge in [-0.2, -0.15) is 0 Å². The minimum atomic E-state index is -0.567. The zero-order valence-electron chi connectivity index (χ0n) is 27.6. The summed E-state index contributed by atoms with van der Waals surface area (Å²) in [6.45, 7) is 11.1. The number of halogens is 2. The first-order valence-electron chi connectivity index (χ1n) is 15.4. The minimum absolute atomic E-state index is 0.120. The molecule has 0 saturated carbocycles. The second kappa shape index (κ2) is 16.5. The first kappa shape index (κ1) is 35.6. The molecule has 1 aliphatic rings. The van der Waals surface area contributed by atoms with Crippen LogP contribution >= 0.6 is 23.2 Å². The van der Waals surface area contributed by atoms with Crippen LogP contribution < -0.4 is 35.2 Å². The van der Waals surface area contributed by atoms with Crippen LogP contribution in [0.1, 0.15) is 27.2 Å². The number of benzene rings is 2. The molecule has 1 aliphatic heterocycles. The topological polar surface area (TPSA) is 124 Å². The van der Waals surface area contributed by atoms with Gasteiger partial charge in [-0.1, -0.05) is 56.5 Å². The van der Waals surface area contributed by atoms with Crippen molar-refractivity contribution in [2.75, 3.05) is 79.7 Å². The maximum atomic E-state index is 13.3. The van der Waals surface area contributed by atoms with Crippen molar-refractivity contribution in [1.29, 1.82) is 0 Å². The molecule has 2 aromatic carbocycles. The van der Waals surface area contributed by atoms with Crippen molar-refractivity contribution in [2.45, 2.75) is 27.2 Å². The van der Waals surface area contributed by atoms with Crippen molar-refractivity contribution in [2.24, 2.45) is 5.92 Å². The normalized spacial score (nSPS) is 14.1. The largest absolute Gasteiger partial charge is 0.495 e. The van der Waals surface area contributed by atoms with Crippen LogP contribution in [0.5, 0.6) is 11.5 Å².